The third kappa shape index (κ3) is 5.54. The van der Waals surface area contributed by atoms with Gasteiger partial charge < -0.3 is 10.6 Å². The lowest BCUT2D eigenvalue weighted by molar-refractivity contribution is -0.116. The molecule has 0 spiro atoms. The van der Waals surface area contributed by atoms with Crippen LogP contribution in [0.3, 0.4) is 0 Å². The molecule has 1 aromatic heterocycles. The van der Waals surface area contributed by atoms with E-state index in [-0.39, 0.29) is 11.8 Å². The van der Waals surface area contributed by atoms with Crippen molar-refractivity contribution in [1.82, 2.24) is 10.6 Å². The molecule has 1 aromatic carbocycles. The van der Waals surface area contributed by atoms with Crippen LogP contribution in [0.4, 0.5) is 0 Å². The van der Waals surface area contributed by atoms with Crippen molar-refractivity contribution in [3.05, 3.63) is 64.4 Å². The van der Waals surface area contributed by atoms with Gasteiger partial charge in [0.05, 0.1) is 4.88 Å². The minimum atomic E-state index is -0.131. The minimum Gasteiger partial charge on any atom is -0.352 e. The maximum absolute atomic E-state index is 11.7. The van der Waals surface area contributed by atoms with Gasteiger partial charge in [-0.2, -0.15) is 0 Å². The van der Waals surface area contributed by atoms with Crippen LogP contribution in [0.1, 0.15) is 21.7 Å². The zero-order chi connectivity index (χ0) is 15.6. The number of carbonyl (C=O) groups is 2. The third-order valence-electron chi connectivity index (χ3n) is 2.91. The van der Waals surface area contributed by atoms with E-state index in [4.69, 9.17) is 0 Å². The maximum atomic E-state index is 11.7. The van der Waals surface area contributed by atoms with E-state index in [2.05, 4.69) is 10.6 Å². The van der Waals surface area contributed by atoms with E-state index in [0.29, 0.717) is 24.4 Å². The average molecular weight is 314 g/mol. The van der Waals surface area contributed by atoms with E-state index in [0.717, 1.165) is 5.56 Å². The van der Waals surface area contributed by atoms with E-state index in [1.165, 1.54) is 17.4 Å². The molecular weight excluding hydrogens is 296 g/mol. The molecule has 5 heteroatoms. The molecule has 2 N–H and O–H groups in total. The Bertz CT molecular complexity index is 621. The molecular formula is C17H18N2O2S. The van der Waals surface area contributed by atoms with Crippen LogP contribution in [0.2, 0.25) is 0 Å². The summed E-state index contributed by atoms with van der Waals surface area (Å²) in [7, 11) is 0. The van der Waals surface area contributed by atoms with Gasteiger partial charge in [-0.25, -0.2) is 0 Å². The molecule has 0 aliphatic carbocycles. The lowest BCUT2D eigenvalue weighted by Gasteiger charge is -2.04. The molecule has 0 aliphatic heterocycles. The number of rotatable bonds is 7. The molecule has 22 heavy (non-hydrogen) atoms. The van der Waals surface area contributed by atoms with Gasteiger partial charge in [0.15, 0.2) is 0 Å². The zero-order valence-corrected chi connectivity index (χ0v) is 12.9. The molecule has 0 atom stereocenters. The van der Waals surface area contributed by atoms with Crippen LogP contribution in [0.25, 0.3) is 6.08 Å². The van der Waals surface area contributed by atoms with Crippen molar-refractivity contribution in [1.29, 1.82) is 0 Å². The molecule has 0 saturated carbocycles. The predicted octanol–water partition coefficient (Wildman–Crippen LogP) is 2.70. The Labute approximate surface area is 133 Å². The molecule has 0 unspecified atom stereocenters. The molecule has 2 aromatic rings. The molecule has 1 heterocycles. The lowest BCUT2D eigenvalue weighted by atomic mass is 10.2. The van der Waals surface area contributed by atoms with Crippen LogP contribution in [0.5, 0.6) is 0 Å². The quantitative estimate of drug-likeness (QED) is 0.610. The third-order valence-corrected chi connectivity index (χ3v) is 3.78. The number of carbonyl (C=O) groups excluding carboxylic acids is 2. The summed E-state index contributed by atoms with van der Waals surface area (Å²) in [6.07, 6.45) is 3.98. The van der Waals surface area contributed by atoms with Crippen molar-refractivity contribution in [3.8, 4) is 0 Å². The van der Waals surface area contributed by atoms with Crippen molar-refractivity contribution in [2.24, 2.45) is 0 Å². The van der Waals surface area contributed by atoms with Gasteiger partial charge in [0, 0.05) is 19.2 Å². The van der Waals surface area contributed by atoms with E-state index >= 15 is 0 Å². The Balaban J connectivity index is 1.59. The van der Waals surface area contributed by atoms with E-state index in [1.54, 1.807) is 12.1 Å². The molecule has 0 fully saturated rings. The van der Waals surface area contributed by atoms with Crippen molar-refractivity contribution < 1.29 is 9.59 Å². The summed E-state index contributed by atoms with van der Waals surface area (Å²) in [5.41, 5.74) is 0.987. The van der Waals surface area contributed by atoms with E-state index in [9.17, 15) is 9.59 Å². The summed E-state index contributed by atoms with van der Waals surface area (Å²) in [4.78, 5) is 24.0. The van der Waals surface area contributed by atoms with Gasteiger partial charge in [-0.3, -0.25) is 9.59 Å². The van der Waals surface area contributed by atoms with Gasteiger partial charge in [0.1, 0.15) is 0 Å². The number of hydrogen-bond acceptors (Lipinski definition) is 3. The van der Waals surface area contributed by atoms with Crippen molar-refractivity contribution in [3.63, 3.8) is 0 Å². The normalized spacial score (nSPS) is 10.5. The minimum absolute atomic E-state index is 0.0645. The van der Waals surface area contributed by atoms with Crippen LogP contribution in [-0.4, -0.2) is 24.9 Å². The Morgan fingerprint density at radius 1 is 1.00 bits per heavy atom. The van der Waals surface area contributed by atoms with Crippen LogP contribution >= 0.6 is 11.3 Å². The van der Waals surface area contributed by atoms with Gasteiger partial charge in [0.2, 0.25) is 5.91 Å². The first-order valence-corrected chi connectivity index (χ1v) is 7.96. The molecule has 4 nitrogen and oxygen atoms in total. The summed E-state index contributed by atoms with van der Waals surface area (Å²) in [5, 5.41) is 7.48. The first kappa shape index (κ1) is 16.0. The van der Waals surface area contributed by atoms with Crippen molar-refractivity contribution in [2.45, 2.75) is 6.42 Å². The fraction of sp³-hybridized carbons (Fsp3) is 0.176. The highest BCUT2D eigenvalue weighted by molar-refractivity contribution is 7.12. The van der Waals surface area contributed by atoms with Crippen LogP contribution in [0, 0.1) is 0 Å². The molecule has 0 saturated heterocycles. The smallest absolute Gasteiger partial charge is 0.261 e. The molecule has 0 aliphatic rings. The van der Waals surface area contributed by atoms with Crippen molar-refractivity contribution >= 4 is 29.2 Å². The van der Waals surface area contributed by atoms with Gasteiger partial charge in [-0.05, 0) is 29.5 Å². The summed E-state index contributed by atoms with van der Waals surface area (Å²) in [6, 6.07) is 13.3. The molecule has 0 radical (unpaired) electrons. The highest BCUT2D eigenvalue weighted by Crippen LogP contribution is 2.07. The number of benzene rings is 1. The fourth-order valence-corrected chi connectivity index (χ4v) is 2.43. The topological polar surface area (TPSA) is 58.2 Å². The number of thiophene rings is 1. The van der Waals surface area contributed by atoms with E-state index in [1.807, 2.05) is 41.8 Å². The summed E-state index contributed by atoms with van der Waals surface area (Å²) in [5.74, 6) is -0.196. The number of nitrogens with one attached hydrogen (secondary N) is 2. The molecule has 0 bridgehead atoms. The second kappa shape index (κ2) is 8.79. The number of hydrogen-bond donors (Lipinski definition) is 2. The first-order chi connectivity index (χ1) is 10.8. The summed E-state index contributed by atoms with van der Waals surface area (Å²) in [6.45, 7) is 1.07. The maximum Gasteiger partial charge on any atom is 0.261 e. The Hall–Kier alpha value is -2.40. The second-order valence-electron chi connectivity index (χ2n) is 4.62. The summed E-state index contributed by atoms with van der Waals surface area (Å²) < 4.78 is 0. The van der Waals surface area contributed by atoms with Crippen LogP contribution in [0.15, 0.2) is 53.9 Å². The van der Waals surface area contributed by atoms with Gasteiger partial charge in [-0.1, -0.05) is 36.4 Å². The monoisotopic (exact) mass is 314 g/mol. The molecule has 2 rings (SSSR count). The first-order valence-electron chi connectivity index (χ1n) is 7.08. The Morgan fingerprint density at radius 2 is 1.77 bits per heavy atom. The SMILES string of the molecule is O=C(/C=C/c1ccccc1)NCCCNC(=O)c1cccs1. The van der Waals surface area contributed by atoms with Gasteiger partial charge in [-0.15, -0.1) is 11.3 Å². The zero-order valence-electron chi connectivity index (χ0n) is 12.1. The Morgan fingerprint density at radius 3 is 2.50 bits per heavy atom. The lowest BCUT2D eigenvalue weighted by Crippen LogP contribution is -2.28. The van der Waals surface area contributed by atoms with Gasteiger partial charge in [0.25, 0.3) is 5.91 Å². The average Bonchev–Trinajstić information content (AvgIpc) is 3.08. The van der Waals surface area contributed by atoms with E-state index < -0.39 is 0 Å². The predicted molar refractivity (Wildman–Crippen MR) is 89.8 cm³/mol. The number of amides is 2. The van der Waals surface area contributed by atoms with Crippen LogP contribution < -0.4 is 10.6 Å². The van der Waals surface area contributed by atoms with Crippen molar-refractivity contribution in [2.75, 3.05) is 13.1 Å². The molecule has 2 amide bonds. The van der Waals surface area contributed by atoms with Gasteiger partial charge >= 0.3 is 0 Å². The second-order valence-corrected chi connectivity index (χ2v) is 5.57. The standard InChI is InChI=1S/C17H18N2O2S/c20-16(10-9-14-6-2-1-3-7-14)18-11-5-12-19-17(21)15-8-4-13-22-15/h1-4,6-10,13H,5,11-12H2,(H,18,20)(H,19,21)/b10-9+. The fourth-order valence-electron chi connectivity index (χ4n) is 1.79. The highest BCUT2D eigenvalue weighted by atomic mass is 32.1. The largest absolute Gasteiger partial charge is 0.352 e. The van der Waals surface area contributed by atoms with Crippen LogP contribution in [-0.2, 0) is 4.79 Å². The summed E-state index contributed by atoms with van der Waals surface area (Å²) >= 11 is 1.41. The highest BCUT2D eigenvalue weighted by Gasteiger charge is 2.04. The Kier molecular flexibility index (Phi) is 6.39. The molecule has 114 valence electrons.